The molecule has 0 saturated carbocycles. The predicted octanol–water partition coefficient (Wildman–Crippen LogP) is 19.4. The van der Waals surface area contributed by atoms with Gasteiger partial charge in [-0.3, -0.25) is 0 Å². The Morgan fingerprint density at radius 2 is 0.648 bits per heavy atom. The lowest BCUT2D eigenvalue weighted by molar-refractivity contribution is 0.263. The van der Waals surface area contributed by atoms with E-state index >= 15 is 0 Å². The third kappa shape index (κ3) is 9.79. The zero-order valence-corrected chi connectivity index (χ0v) is 52.1. The number of nitrogens with zero attached hydrogens (tertiary/aromatic N) is 8. The van der Waals surface area contributed by atoms with Crippen molar-refractivity contribution < 1.29 is 27.3 Å². The molecule has 448 valence electrons. The molecule has 0 N–H and O–H groups in total. The lowest BCUT2D eigenvalue weighted by Gasteiger charge is -2.33. The molecule has 0 amide bonds. The average Bonchev–Trinajstić information content (AvgIpc) is 1.63. The summed E-state index contributed by atoms with van der Waals surface area (Å²) < 4.78 is 79.3. The van der Waals surface area contributed by atoms with Gasteiger partial charge in [0.2, 0.25) is 0 Å². The van der Waals surface area contributed by atoms with Crippen LogP contribution in [-0.4, -0.2) is 70.3 Å². The molecule has 1 unspecified atom stereocenters. The van der Waals surface area contributed by atoms with Crippen LogP contribution in [0.1, 0.15) is 87.2 Å². The molecule has 88 heavy (non-hydrogen) atoms. The third-order valence-corrected chi connectivity index (χ3v) is 18.0. The Bertz CT molecular complexity index is 5030. The zero-order valence-electron chi connectivity index (χ0n) is 59.1. The smallest absolute Gasteiger partial charge is 0.159 e. The molecule has 4 aliphatic rings. The minimum atomic E-state index is -2.43. The molecule has 8 aromatic carbocycles. The van der Waals surface area contributed by atoms with Crippen LogP contribution < -0.4 is 19.6 Å². The second-order valence-corrected chi connectivity index (χ2v) is 23.8. The number of benzene rings is 8. The maximum absolute atomic E-state index is 8.42. The van der Waals surface area contributed by atoms with Gasteiger partial charge in [-0.05, 0) is 130 Å². The number of aryl methyl sites for hydroxylation is 4. The Balaban J connectivity index is 0.000000115. The summed E-state index contributed by atoms with van der Waals surface area (Å²) in [5, 5.41) is 8.91. The van der Waals surface area contributed by atoms with Crippen LogP contribution in [0.5, 0.6) is 0 Å². The van der Waals surface area contributed by atoms with Gasteiger partial charge in [0.25, 0.3) is 0 Å². The molecule has 0 bridgehead atoms. The van der Waals surface area contributed by atoms with E-state index in [9.17, 15) is 0 Å². The van der Waals surface area contributed by atoms with Crippen LogP contribution >= 0.6 is 0 Å². The molecule has 8 heterocycles. The van der Waals surface area contributed by atoms with Crippen molar-refractivity contribution in [1.82, 2.24) is 19.6 Å². The normalized spacial score (nSPS) is 20.3. The number of hydrogen-bond acceptors (Lipinski definition) is 12. The van der Waals surface area contributed by atoms with Crippen LogP contribution in [0, 0.1) is 27.7 Å². The Labute approximate surface area is 526 Å². The van der Waals surface area contributed by atoms with Crippen LogP contribution in [0.15, 0.2) is 213 Å². The molecule has 4 aromatic heterocycles. The van der Waals surface area contributed by atoms with E-state index < -0.39 is 19.8 Å². The average molecular weight is 1180 g/mol. The maximum Gasteiger partial charge on any atom is 0.159 e. The third-order valence-electron chi connectivity index (χ3n) is 18.0. The monoisotopic (exact) mass is 1180 g/mol. The van der Waals surface area contributed by atoms with E-state index in [2.05, 4.69) is 160 Å². The lowest BCUT2D eigenvalue weighted by atomic mass is 10.1. The van der Waals surface area contributed by atoms with Crippen molar-refractivity contribution in [3.63, 3.8) is 0 Å². The van der Waals surface area contributed by atoms with Crippen LogP contribution in [0.2, 0.25) is 0 Å². The zero-order chi connectivity index (χ0) is 67.3. The SMILES string of the molecule is Cc1ccc2c(oc3ccccc32)c1N1C=CN(C(C)C)[C@@H]1C.Cc1ccc2c(oc3ccccc32)c1N1C=CN(C)[C@@H]1C.[2H]C([2H])([2H])C([2H])(C)N1C=CN(c2c(C)ccc3c2oc2ccccc23)[C@H]1C.[2H]C([2H])([2H])N1C=CN(c2c(C)ccc3c2oc2ccccc23)[C@H]1C. The first-order valence-corrected chi connectivity index (χ1v) is 30.3. The quantitative estimate of drug-likeness (QED) is 0.159. The van der Waals surface area contributed by atoms with E-state index in [0.717, 1.165) is 94.4 Å². The Kier molecular flexibility index (Phi) is 12.8. The fourth-order valence-corrected chi connectivity index (χ4v) is 13.0. The van der Waals surface area contributed by atoms with Crippen molar-refractivity contribution in [3.8, 4) is 0 Å². The van der Waals surface area contributed by atoms with Crippen molar-refractivity contribution in [3.05, 3.63) is 217 Å². The molecular formula is C76H80N8O4. The number of furan rings is 4. The molecule has 5 atom stereocenters. The van der Waals surface area contributed by atoms with E-state index in [4.69, 9.17) is 27.3 Å². The Morgan fingerprint density at radius 1 is 0.352 bits per heavy atom. The van der Waals surface area contributed by atoms with E-state index in [-0.39, 0.29) is 18.5 Å². The summed E-state index contributed by atoms with van der Waals surface area (Å²) in [6, 6.07) is 48.0. The van der Waals surface area contributed by atoms with Gasteiger partial charge in [-0.15, -0.1) is 0 Å². The Morgan fingerprint density at radius 3 is 0.943 bits per heavy atom. The standard InChI is InChI=1S/2C20H22N2O.2C18H18N2O/c2*1-13(2)21-11-12-22(15(21)4)19-14(3)9-10-17-16-7-5-6-8-18(16)23-20(17)19;2*1-12-8-9-15-14-6-4-5-7-16(14)21-18(15)17(12)20-11-10-19(3)13(20)2/h2*5-13,15H,1-4H3;2*4-11,13H,1-3H3/t2*15-;2*13-/m0000/s1/i1D3,13D;;3D3;/t13?,15-;;m;. The second-order valence-electron chi connectivity index (χ2n) is 23.8. The molecular weight excluding hydrogens is 1090 g/mol. The van der Waals surface area contributed by atoms with Crippen molar-refractivity contribution in [2.24, 2.45) is 0 Å². The fourth-order valence-electron chi connectivity index (χ4n) is 13.0. The fraction of sp³-hybridized carbons (Fsp3) is 0.263. The minimum absolute atomic E-state index is 0.285. The first kappa shape index (κ1) is 49.4. The predicted molar refractivity (Wildman–Crippen MR) is 368 cm³/mol. The molecule has 12 aromatic rings. The molecule has 0 fully saturated rings. The van der Waals surface area contributed by atoms with Crippen LogP contribution in [0.3, 0.4) is 0 Å². The number of para-hydroxylation sites is 4. The summed E-state index contributed by atoms with van der Waals surface area (Å²) >= 11 is 0. The summed E-state index contributed by atoms with van der Waals surface area (Å²) in [5.41, 5.74) is 15.8. The van der Waals surface area contributed by atoms with Gasteiger partial charge in [0.15, 0.2) is 22.3 Å². The topological polar surface area (TPSA) is 78.5 Å². The van der Waals surface area contributed by atoms with Crippen LogP contribution in [0.25, 0.3) is 87.8 Å². The van der Waals surface area contributed by atoms with Crippen molar-refractivity contribution >= 4 is 111 Å². The maximum atomic E-state index is 8.42. The highest BCUT2D eigenvalue weighted by Crippen LogP contribution is 2.44. The number of anilines is 4. The number of rotatable bonds is 6. The van der Waals surface area contributed by atoms with E-state index in [0.29, 0.717) is 12.2 Å². The van der Waals surface area contributed by atoms with Gasteiger partial charge in [0.05, 0.1) is 24.1 Å². The van der Waals surface area contributed by atoms with Gasteiger partial charge >= 0.3 is 0 Å². The van der Waals surface area contributed by atoms with Crippen molar-refractivity contribution in [2.75, 3.05) is 33.6 Å². The van der Waals surface area contributed by atoms with Gasteiger partial charge in [-0.25, -0.2) is 0 Å². The molecule has 16 rings (SSSR count). The summed E-state index contributed by atoms with van der Waals surface area (Å²) in [5.74, 6) is 0. The number of fused-ring (bicyclic) bond motifs is 12. The van der Waals surface area contributed by atoms with Gasteiger partial charge in [-0.2, -0.15) is 0 Å². The summed E-state index contributed by atoms with van der Waals surface area (Å²) in [4.78, 5) is 16.1. The highest BCUT2D eigenvalue weighted by Gasteiger charge is 2.32. The molecule has 0 saturated heterocycles. The largest absolute Gasteiger partial charge is 0.454 e. The lowest BCUT2D eigenvalue weighted by Crippen LogP contribution is -2.39. The van der Waals surface area contributed by atoms with Gasteiger partial charge in [-0.1, -0.05) is 121 Å². The first-order valence-electron chi connectivity index (χ1n) is 33.8. The van der Waals surface area contributed by atoms with E-state index in [1.165, 1.54) is 50.2 Å². The molecule has 0 aliphatic carbocycles. The van der Waals surface area contributed by atoms with Crippen LogP contribution in [0.4, 0.5) is 22.7 Å². The Hall–Kier alpha value is -9.68. The first-order chi connectivity index (χ1) is 45.2. The molecule has 0 radical (unpaired) electrons. The molecule has 0 spiro atoms. The number of hydrogen-bond donors (Lipinski definition) is 0. The van der Waals surface area contributed by atoms with Gasteiger partial charge in [0, 0.05) is 127 Å². The van der Waals surface area contributed by atoms with Crippen LogP contribution in [-0.2, 0) is 0 Å². The summed E-state index contributed by atoms with van der Waals surface area (Å²) in [7, 11) is 2.09. The molecule has 12 heteroatoms. The molecule has 4 aliphatic heterocycles. The van der Waals surface area contributed by atoms with Crippen molar-refractivity contribution in [2.45, 2.75) is 120 Å². The second kappa shape index (κ2) is 22.9. The van der Waals surface area contributed by atoms with E-state index in [1.54, 1.807) is 17.3 Å². The highest BCUT2D eigenvalue weighted by atomic mass is 16.3. The van der Waals surface area contributed by atoms with E-state index in [1.807, 2.05) is 129 Å². The summed E-state index contributed by atoms with van der Waals surface area (Å²) in [6.45, 7) is 17.8. The van der Waals surface area contributed by atoms with Gasteiger partial charge < -0.3 is 56.9 Å². The highest BCUT2D eigenvalue weighted by molar-refractivity contribution is 6.13. The minimum Gasteiger partial charge on any atom is -0.454 e. The summed E-state index contributed by atoms with van der Waals surface area (Å²) in [6.07, 6.45) is 15.5. The van der Waals surface area contributed by atoms with Gasteiger partial charge in [0.1, 0.15) is 47.0 Å². The van der Waals surface area contributed by atoms with Crippen molar-refractivity contribution in [1.29, 1.82) is 0 Å². The molecule has 12 nitrogen and oxygen atoms in total.